The van der Waals surface area contributed by atoms with E-state index >= 15 is 0 Å². The number of methoxy groups -OCH3 is 1. The van der Waals surface area contributed by atoms with E-state index in [9.17, 15) is 4.79 Å². The summed E-state index contributed by atoms with van der Waals surface area (Å²) in [6.07, 6.45) is 1.33. The molecule has 0 bridgehead atoms. The molecule has 0 saturated heterocycles. The van der Waals surface area contributed by atoms with Crippen molar-refractivity contribution in [3.05, 3.63) is 0 Å². The Bertz CT molecular complexity index is 140. The van der Waals surface area contributed by atoms with E-state index in [2.05, 4.69) is 10.6 Å². The number of hydrogen-bond acceptors (Lipinski definition) is 3. The average molecular weight is 188 g/mol. The predicted octanol–water partition coefficient (Wildman–Crippen LogP) is 0.137. The Kier molecular flexibility index (Phi) is 7.63. The third-order valence-corrected chi connectivity index (χ3v) is 1.85. The lowest BCUT2D eigenvalue weighted by molar-refractivity contribution is -0.121. The van der Waals surface area contributed by atoms with E-state index in [4.69, 9.17) is 4.74 Å². The van der Waals surface area contributed by atoms with Crippen molar-refractivity contribution in [3.63, 3.8) is 0 Å². The minimum Gasteiger partial charge on any atom is -0.385 e. The van der Waals surface area contributed by atoms with Gasteiger partial charge in [-0.25, -0.2) is 0 Å². The first-order valence-corrected chi connectivity index (χ1v) is 4.63. The standard InChI is InChI=1S/C9H20N2O2/c1-8(10-2)7-11-9(12)5-4-6-13-3/h8,10H,4-7H2,1-3H3,(H,11,12). The monoisotopic (exact) mass is 188 g/mol. The van der Waals surface area contributed by atoms with Crippen LogP contribution in [0.1, 0.15) is 19.8 Å². The predicted molar refractivity (Wildman–Crippen MR) is 52.6 cm³/mol. The molecule has 2 N–H and O–H groups in total. The normalized spacial score (nSPS) is 12.5. The molecule has 0 aromatic heterocycles. The summed E-state index contributed by atoms with van der Waals surface area (Å²) in [4.78, 5) is 11.1. The number of carbonyl (C=O) groups is 1. The second-order valence-electron chi connectivity index (χ2n) is 3.09. The molecule has 0 aliphatic carbocycles. The van der Waals surface area contributed by atoms with Gasteiger partial charge >= 0.3 is 0 Å². The zero-order valence-corrected chi connectivity index (χ0v) is 8.72. The number of nitrogens with one attached hydrogen (secondary N) is 2. The van der Waals surface area contributed by atoms with Crippen LogP contribution in [0.3, 0.4) is 0 Å². The fourth-order valence-electron chi connectivity index (χ4n) is 0.834. The molecular formula is C9H20N2O2. The molecule has 0 spiro atoms. The van der Waals surface area contributed by atoms with Crippen LogP contribution in [0.2, 0.25) is 0 Å². The van der Waals surface area contributed by atoms with Gasteiger partial charge in [-0.3, -0.25) is 4.79 Å². The highest BCUT2D eigenvalue weighted by Gasteiger charge is 2.02. The summed E-state index contributed by atoms with van der Waals surface area (Å²) >= 11 is 0. The van der Waals surface area contributed by atoms with E-state index in [0.717, 1.165) is 6.42 Å². The number of rotatable bonds is 7. The van der Waals surface area contributed by atoms with Crippen molar-refractivity contribution in [1.29, 1.82) is 0 Å². The highest BCUT2D eigenvalue weighted by Crippen LogP contribution is 1.89. The van der Waals surface area contributed by atoms with E-state index in [0.29, 0.717) is 25.6 Å². The van der Waals surface area contributed by atoms with Gasteiger partial charge in [-0.05, 0) is 20.4 Å². The molecular weight excluding hydrogens is 168 g/mol. The molecule has 0 heterocycles. The molecule has 1 amide bonds. The number of amides is 1. The molecule has 78 valence electrons. The molecule has 0 aromatic carbocycles. The number of ether oxygens (including phenoxy) is 1. The third kappa shape index (κ3) is 7.74. The van der Waals surface area contributed by atoms with Crippen LogP contribution in [0.4, 0.5) is 0 Å². The summed E-state index contributed by atoms with van der Waals surface area (Å²) in [6, 6.07) is 0.325. The van der Waals surface area contributed by atoms with Gasteiger partial charge in [0.1, 0.15) is 0 Å². The fraction of sp³-hybridized carbons (Fsp3) is 0.889. The Morgan fingerprint density at radius 1 is 1.54 bits per heavy atom. The second-order valence-corrected chi connectivity index (χ2v) is 3.09. The quantitative estimate of drug-likeness (QED) is 0.559. The summed E-state index contributed by atoms with van der Waals surface area (Å²) in [6.45, 7) is 3.35. The molecule has 13 heavy (non-hydrogen) atoms. The number of hydrogen-bond donors (Lipinski definition) is 2. The second kappa shape index (κ2) is 8.01. The summed E-state index contributed by atoms with van der Waals surface area (Å²) in [5.74, 6) is 0.0964. The Labute approximate surface area is 80.0 Å². The van der Waals surface area contributed by atoms with Crippen LogP contribution in [-0.2, 0) is 9.53 Å². The van der Waals surface area contributed by atoms with Crippen LogP contribution < -0.4 is 10.6 Å². The van der Waals surface area contributed by atoms with Crippen LogP contribution in [0.25, 0.3) is 0 Å². The molecule has 4 heteroatoms. The van der Waals surface area contributed by atoms with Gasteiger partial charge in [0.15, 0.2) is 0 Å². The maximum absolute atomic E-state index is 11.1. The first-order chi connectivity index (χ1) is 6.20. The Morgan fingerprint density at radius 3 is 2.77 bits per heavy atom. The lowest BCUT2D eigenvalue weighted by Crippen LogP contribution is -2.37. The van der Waals surface area contributed by atoms with E-state index in [1.165, 1.54) is 0 Å². The molecule has 1 atom stereocenters. The van der Waals surface area contributed by atoms with Crippen molar-refractivity contribution in [3.8, 4) is 0 Å². The highest BCUT2D eigenvalue weighted by molar-refractivity contribution is 5.75. The topological polar surface area (TPSA) is 50.4 Å². The van der Waals surface area contributed by atoms with Gasteiger partial charge in [0.25, 0.3) is 0 Å². The molecule has 0 aliphatic rings. The van der Waals surface area contributed by atoms with Crippen molar-refractivity contribution in [2.75, 3.05) is 27.3 Å². The van der Waals surface area contributed by atoms with Crippen LogP contribution in [0.15, 0.2) is 0 Å². The first-order valence-electron chi connectivity index (χ1n) is 4.63. The molecule has 1 unspecified atom stereocenters. The molecule has 0 radical (unpaired) electrons. The van der Waals surface area contributed by atoms with Crippen LogP contribution in [0, 0.1) is 0 Å². The molecule has 4 nitrogen and oxygen atoms in total. The van der Waals surface area contributed by atoms with Crippen LogP contribution >= 0.6 is 0 Å². The molecule has 0 aliphatic heterocycles. The molecule has 0 rings (SSSR count). The smallest absolute Gasteiger partial charge is 0.220 e. The summed E-state index contributed by atoms with van der Waals surface area (Å²) in [5.41, 5.74) is 0. The number of likely N-dealkylation sites (N-methyl/N-ethyl adjacent to an activating group) is 1. The van der Waals surface area contributed by atoms with E-state index in [1.54, 1.807) is 7.11 Å². The van der Waals surface area contributed by atoms with Crippen molar-refractivity contribution in [2.45, 2.75) is 25.8 Å². The fourth-order valence-corrected chi connectivity index (χ4v) is 0.834. The number of carbonyl (C=O) groups excluding carboxylic acids is 1. The highest BCUT2D eigenvalue weighted by atomic mass is 16.5. The molecule has 0 aromatic rings. The van der Waals surface area contributed by atoms with Crippen molar-refractivity contribution in [2.24, 2.45) is 0 Å². The van der Waals surface area contributed by atoms with Gasteiger partial charge in [0, 0.05) is 32.7 Å². The molecule has 0 saturated carbocycles. The van der Waals surface area contributed by atoms with Gasteiger partial charge in [0.05, 0.1) is 0 Å². The van der Waals surface area contributed by atoms with Crippen molar-refractivity contribution in [1.82, 2.24) is 10.6 Å². The van der Waals surface area contributed by atoms with Crippen LogP contribution in [0.5, 0.6) is 0 Å². The Balaban J connectivity index is 3.30. The minimum atomic E-state index is 0.0964. The summed E-state index contributed by atoms with van der Waals surface area (Å²) in [5, 5.41) is 5.88. The van der Waals surface area contributed by atoms with E-state index < -0.39 is 0 Å². The average Bonchev–Trinajstić information content (AvgIpc) is 2.14. The van der Waals surface area contributed by atoms with E-state index in [1.807, 2.05) is 14.0 Å². The maximum atomic E-state index is 11.1. The zero-order chi connectivity index (χ0) is 10.1. The Morgan fingerprint density at radius 2 is 2.23 bits per heavy atom. The van der Waals surface area contributed by atoms with Gasteiger partial charge in [-0.1, -0.05) is 0 Å². The van der Waals surface area contributed by atoms with Gasteiger partial charge in [0.2, 0.25) is 5.91 Å². The lowest BCUT2D eigenvalue weighted by Gasteiger charge is -2.10. The first kappa shape index (κ1) is 12.4. The SMILES string of the molecule is CNC(C)CNC(=O)CCCOC. The Hall–Kier alpha value is -0.610. The molecule has 0 fully saturated rings. The van der Waals surface area contributed by atoms with Gasteiger partial charge < -0.3 is 15.4 Å². The maximum Gasteiger partial charge on any atom is 0.220 e. The third-order valence-electron chi connectivity index (χ3n) is 1.85. The largest absolute Gasteiger partial charge is 0.385 e. The van der Waals surface area contributed by atoms with Crippen LogP contribution in [-0.4, -0.2) is 39.3 Å². The lowest BCUT2D eigenvalue weighted by atomic mass is 10.3. The van der Waals surface area contributed by atoms with Crippen molar-refractivity contribution < 1.29 is 9.53 Å². The van der Waals surface area contributed by atoms with Gasteiger partial charge in [-0.2, -0.15) is 0 Å². The minimum absolute atomic E-state index is 0.0964. The zero-order valence-electron chi connectivity index (χ0n) is 8.72. The van der Waals surface area contributed by atoms with Crippen molar-refractivity contribution >= 4 is 5.91 Å². The summed E-state index contributed by atoms with van der Waals surface area (Å²) in [7, 11) is 3.52. The van der Waals surface area contributed by atoms with E-state index in [-0.39, 0.29) is 5.91 Å². The summed E-state index contributed by atoms with van der Waals surface area (Å²) < 4.78 is 4.85. The van der Waals surface area contributed by atoms with Gasteiger partial charge in [-0.15, -0.1) is 0 Å².